The second-order valence-corrected chi connectivity index (χ2v) is 8.79. The van der Waals surface area contributed by atoms with Crippen molar-refractivity contribution in [3.05, 3.63) is 0 Å². The zero-order valence-electron chi connectivity index (χ0n) is 12.8. The maximum Gasteiger partial charge on any atom is 0.507 e. The predicted molar refractivity (Wildman–Crippen MR) is 74.2 cm³/mol. The van der Waals surface area contributed by atoms with Crippen molar-refractivity contribution in [2.75, 3.05) is 14.2 Å². The number of hydrogen-bond donors (Lipinski definition) is 0. The lowest BCUT2D eigenvalue weighted by Gasteiger charge is -2.45. The molecule has 0 amide bonds. The highest BCUT2D eigenvalue weighted by Gasteiger charge is 2.57. The maximum atomic E-state index is 6.31. The molecular formula is C13H30O3Si. The molecule has 0 rings (SSSR count). The third-order valence-corrected chi connectivity index (χ3v) is 8.18. The molecule has 0 unspecified atom stereocenters. The average Bonchev–Trinajstić information content (AvgIpc) is 2.35. The molecule has 0 fully saturated rings. The van der Waals surface area contributed by atoms with Gasteiger partial charge in [-0.05, 0) is 33.1 Å². The van der Waals surface area contributed by atoms with Crippen LogP contribution in [0.1, 0.15) is 60.8 Å². The monoisotopic (exact) mass is 262 g/mol. The van der Waals surface area contributed by atoms with Crippen molar-refractivity contribution in [3.8, 4) is 0 Å². The largest absolute Gasteiger partial charge is 0.507 e. The third kappa shape index (κ3) is 3.53. The van der Waals surface area contributed by atoms with Crippen molar-refractivity contribution in [1.29, 1.82) is 0 Å². The van der Waals surface area contributed by atoms with Gasteiger partial charge in [-0.2, -0.15) is 0 Å². The summed E-state index contributed by atoms with van der Waals surface area (Å²) in [5.41, 5.74) is -0.205. The van der Waals surface area contributed by atoms with Gasteiger partial charge in [0, 0.05) is 19.3 Å². The quantitative estimate of drug-likeness (QED) is 0.619. The summed E-state index contributed by atoms with van der Waals surface area (Å²) in [5, 5.41) is -0.0249. The first-order valence-corrected chi connectivity index (χ1v) is 8.29. The zero-order chi connectivity index (χ0) is 13.7. The van der Waals surface area contributed by atoms with E-state index in [2.05, 4.69) is 41.5 Å². The normalized spacial score (nSPS) is 14.1. The lowest BCUT2D eigenvalue weighted by Crippen LogP contribution is -2.57. The van der Waals surface area contributed by atoms with E-state index in [1.54, 1.807) is 14.2 Å². The lowest BCUT2D eigenvalue weighted by atomic mass is 10.1. The van der Waals surface area contributed by atoms with Gasteiger partial charge in [0.25, 0.3) is 0 Å². The molecule has 3 nitrogen and oxygen atoms in total. The van der Waals surface area contributed by atoms with Crippen molar-refractivity contribution in [3.63, 3.8) is 0 Å². The molecule has 4 heteroatoms. The molecule has 104 valence electrons. The van der Waals surface area contributed by atoms with Gasteiger partial charge in [0.1, 0.15) is 0 Å². The zero-order valence-corrected chi connectivity index (χ0v) is 13.8. The fourth-order valence-electron chi connectivity index (χ4n) is 1.90. The molecular weight excluding hydrogens is 232 g/mol. The summed E-state index contributed by atoms with van der Waals surface area (Å²) in [7, 11) is 0.773. The summed E-state index contributed by atoms with van der Waals surface area (Å²) in [6.45, 7) is 12.9. The number of rotatable bonds is 8. The Kier molecular flexibility index (Phi) is 6.35. The van der Waals surface area contributed by atoms with E-state index in [-0.39, 0.29) is 10.6 Å². The van der Waals surface area contributed by atoms with E-state index in [0.717, 1.165) is 19.3 Å². The van der Waals surface area contributed by atoms with E-state index in [9.17, 15) is 0 Å². The maximum absolute atomic E-state index is 6.31. The smallest absolute Gasteiger partial charge is 0.376 e. The summed E-state index contributed by atoms with van der Waals surface area (Å²) in [5.74, 6) is 0. The first-order valence-electron chi connectivity index (χ1n) is 6.56. The summed E-state index contributed by atoms with van der Waals surface area (Å²) in [6.07, 6.45) is 2.94. The van der Waals surface area contributed by atoms with E-state index >= 15 is 0 Å². The van der Waals surface area contributed by atoms with Crippen LogP contribution in [-0.2, 0) is 13.3 Å². The Balaban J connectivity index is 5.29. The molecule has 0 aromatic rings. The Morgan fingerprint density at radius 3 is 1.47 bits per heavy atom. The van der Waals surface area contributed by atoms with E-state index in [1.807, 2.05) is 0 Å². The van der Waals surface area contributed by atoms with Crippen molar-refractivity contribution in [2.24, 2.45) is 0 Å². The van der Waals surface area contributed by atoms with Gasteiger partial charge in [-0.15, -0.1) is 0 Å². The van der Waals surface area contributed by atoms with Crippen LogP contribution in [0.15, 0.2) is 0 Å². The van der Waals surface area contributed by atoms with Crippen LogP contribution in [0.4, 0.5) is 0 Å². The lowest BCUT2D eigenvalue weighted by molar-refractivity contribution is -0.0150. The van der Waals surface area contributed by atoms with Gasteiger partial charge in [-0.25, -0.2) is 0 Å². The van der Waals surface area contributed by atoms with Crippen molar-refractivity contribution in [1.82, 2.24) is 0 Å². The second-order valence-electron chi connectivity index (χ2n) is 5.45. The Hall–Kier alpha value is 0.0969. The summed E-state index contributed by atoms with van der Waals surface area (Å²) in [6, 6.07) is 0. The Morgan fingerprint density at radius 2 is 1.24 bits per heavy atom. The van der Waals surface area contributed by atoms with Crippen LogP contribution in [0, 0.1) is 0 Å². The van der Waals surface area contributed by atoms with Gasteiger partial charge in [-0.1, -0.05) is 27.7 Å². The van der Waals surface area contributed by atoms with E-state index < -0.39 is 8.80 Å². The minimum absolute atomic E-state index is 0.0249. The standard InChI is InChI=1S/C13H30O3Si/c1-9-12(4,5)16-17(14-7,15-8)13(6,10-2)11-3/h9-11H2,1-8H3. The first-order chi connectivity index (χ1) is 7.76. The van der Waals surface area contributed by atoms with Crippen LogP contribution in [0.25, 0.3) is 0 Å². The van der Waals surface area contributed by atoms with Gasteiger partial charge >= 0.3 is 8.80 Å². The molecule has 0 aromatic carbocycles. The van der Waals surface area contributed by atoms with E-state index in [0.29, 0.717) is 0 Å². The third-order valence-electron chi connectivity index (χ3n) is 4.10. The number of hydrogen-bond acceptors (Lipinski definition) is 3. The van der Waals surface area contributed by atoms with Crippen molar-refractivity contribution in [2.45, 2.75) is 71.4 Å². The summed E-state index contributed by atoms with van der Waals surface area (Å²) >= 11 is 0. The molecule has 0 aliphatic heterocycles. The molecule has 0 aromatic heterocycles. The second kappa shape index (κ2) is 6.32. The Bertz CT molecular complexity index is 221. The minimum Gasteiger partial charge on any atom is -0.376 e. The van der Waals surface area contributed by atoms with Crippen LogP contribution in [0.3, 0.4) is 0 Å². The fourth-order valence-corrected chi connectivity index (χ4v) is 5.20. The van der Waals surface area contributed by atoms with Gasteiger partial charge in [0.15, 0.2) is 0 Å². The van der Waals surface area contributed by atoms with Gasteiger partial charge < -0.3 is 13.3 Å². The fraction of sp³-hybridized carbons (Fsp3) is 1.00. The Morgan fingerprint density at radius 1 is 0.824 bits per heavy atom. The topological polar surface area (TPSA) is 27.7 Å². The highest BCUT2D eigenvalue weighted by atomic mass is 28.4. The highest BCUT2D eigenvalue weighted by Crippen LogP contribution is 2.47. The van der Waals surface area contributed by atoms with Crippen LogP contribution in [-0.4, -0.2) is 28.6 Å². The molecule has 17 heavy (non-hydrogen) atoms. The van der Waals surface area contributed by atoms with Crippen molar-refractivity contribution >= 4 is 8.80 Å². The Labute approximate surface area is 108 Å². The molecule has 0 saturated heterocycles. The van der Waals surface area contributed by atoms with Crippen LogP contribution in [0.5, 0.6) is 0 Å². The molecule has 0 aliphatic rings. The average molecular weight is 262 g/mol. The molecule has 0 N–H and O–H groups in total. The van der Waals surface area contributed by atoms with Crippen molar-refractivity contribution < 1.29 is 13.3 Å². The van der Waals surface area contributed by atoms with Crippen LogP contribution < -0.4 is 0 Å². The molecule has 0 radical (unpaired) electrons. The van der Waals surface area contributed by atoms with Crippen LogP contribution >= 0.6 is 0 Å². The first kappa shape index (κ1) is 17.1. The SMILES string of the molecule is CCC(C)(C)O[Si](OC)(OC)C(C)(CC)CC. The molecule has 0 aliphatic carbocycles. The molecule has 0 heterocycles. The molecule has 0 atom stereocenters. The van der Waals surface area contributed by atoms with Gasteiger partial charge in [0.2, 0.25) is 0 Å². The molecule has 0 saturated carbocycles. The molecule has 0 bridgehead atoms. The van der Waals surface area contributed by atoms with Gasteiger partial charge in [0.05, 0.1) is 5.60 Å². The van der Waals surface area contributed by atoms with E-state index in [1.165, 1.54) is 0 Å². The minimum atomic E-state index is -2.65. The van der Waals surface area contributed by atoms with Gasteiger partial charge in [-0.3, -0.25) is 0 Å². The highest BCUT2D eigenvalue weighted by molar-refractivity contribution is 6.64. The summed E-state index contributed by atoms with van der Waals surface area (Å²) in [4.78, 5) is 0. The molecule has 0 spiro atoms. The summed E-state index contributed by atoms with van der Waals surface area (Å²) < 4.78 is 17.8. The predicted octanol–water partition coefficient (Wildman–Crippen LogP) is 4.00. The van der Waals surface area contributed by atoms with Crippen LogP contribution in [0.2, 0.25) is 5.04 Å². The van der Waals surface area contributed by atoms with E-state index in [4.69, 9.17) is 13.3 Å².